The molecule has 1 heterocycles. The first-order chi connectivity index (χ1) is 8.52. The second-order valence-corrected chi connectivity index (χ2v) is 3.86. The molecular formula is C12H11NO5. The summed E-state index contributed by atoms with van der Waals surface area (Å²) in [7, 11) is 0. The lowest BCUT2D eigenvalue weighted by Gasteiger charge is -2.15. The third kappa shape index (κ3) is 1.98. The van der Waals surface area contributed by atoms with E-state index in [2.05, 4.69) is 0 Å². The van der Waals surface area contributed by atoms with E-state index in [0.717, 1.165) is 4.90 Å². The van der Waals surface area contributed by atoms with Crippen molar-refractivity contribution in [2.45, 2.75) is 13.0 Å². The van der Waals surface area contributed by atoms with E-state index in [4.69, 9.17) is 9.84 Å². The molecule has 6 heteroatoms. The smallest absolute Gasteiger partial charge is 0.332 e. The summed E-state index contributed by atoms with van der Waals surface area (Å²) in [5.74, 6) is -2.08. The Bertz CT molecular complexity index is 490. The minimum atomic E-state index is -1.15. The zero-order chi connectivity index (χ0) is 13.3. The van der Waals surface area contributed by atoms with E-state index in [1.54, 1.807) is 24.3 Å². The average molecular weight is 249 g/mol. The Labute approximate surface area is 103 Å². The van der Waals surface area contributed by atoms with Crippen LogP contribution in [0.4, 0.5) is 0 Å². The second-order valence-electron chi connectivity index (χ2n) is 3.86. The van der Waals surface area contributed by atoms with Gasteiger partial charge in [0.2, 0.25) is 0 Å². The van der Waals surface area contributed by atoms with Crippen molar-refractivity contribution in [3.8, 4) is 0 Å². The molecule has 0 aliphatic carbocycles. The molecular weight excluding hydrogens is 238 g/mol. The number of carboxylic acid groups (broad SMARTS) is 1. The molecule has 2 rings (SSSR count). The molecule has 1 aliphatic heterocycles. The van der Waals surface area contributed by atoms with Crippen molar-refractivity contribution >= 4 is 17.8 Å². The van der Waals surface area contributed by atoms with Gasteiger partial charge in [-0.3, -0.25) is 9.59 Å². The lowest BCUT2D eigenvalue weighted by atomic mass is 10.1. The van der Waals surface area contributed by atoms with E-state index in [-0.39, 0.29) is 6.73 Å². The number of ether oxygens (including phenoxy) is 1. The van der Waals surface area contributed by atoms with Gasteiger partial charge in [-0.05, 0) is 19.1 Å². The van der Waals surface area contributed by atoms with E-state index in [0.29, 0.717) is 11.1 Å². The number of imide groups is 1. The van der Waals surface area contributed by atoms with Gasteiger partial charge < -0.3 is 9.84 Å². The van der Waals surface area contributed by atoms with Crippen LogP contribution in [0.15, 0.2) is 24.3 Å². The molecule has 0 radical (unpaired) electrons. The Morgan fingerprint density at radius 3 is 2.22 bits per heavy atom. The van der Waals surface area contributed by atoms with Gasteiger partial charge in [-0.2, -0.15) is 0 Å². The minimum Gasteiger partial charge on any atom is -0.479 e. The quantitative estimate of drug-likeness (QED) is 0.795. The standard InChI is InChI=1S/C12H11NO5/c1-7(12(16)17)18-6-13-10(14)8-4-2-3-5-9(8)11(13)15/h2-5,7H,6H2,1H3,(H,16,17). The Hall–Kier alpha value is -2.21. The fourth-order valence-corrected chi connectivity index (χ4v) is 1.61. The van der Waals surface area contributed by atoms with Crippen molar-refractivity contribution in [2.24, 2.45) is 0 Å². The minimum absolute atomic E-state index is 0.314. The first-order valence-corrected chi connectivity index (χ1v) is 5.32. The molecule has 0 saturated carbocycles. The molecule has 1 aliphatic rings. The maximum atomic E-state index is 11.9. The Morgan fingerprint density at radius 2 is 1.78 bits per heavy atom. The number of fused-ring (bicyclic) bond motifs is 1. The number of amides is 2. The maximum absolute atomic E-state index is 11.9. The monoisotopic (exact) mass is 249 g/mol. The highest BCUT2D eigenvalue weighted by Crippen LogP contribution is 2.22. The molecule has 1 atom stereocenters. The number of nitrogens with zero attached hydrogens (tertiary/aromatic N) is 1. The van der Waals surface area contributed by atoms with E-state index >= 15 is 0 Å². The number of hydrogen-bond donors (Lipinski definition) is 1. The third-order valence-electron chi connectivity index (χ3n) is 2.68. The van der Waals surface area contributed by atoms with Crippen molar-refractivity contribution < 1.29 is 24.2 Å². The highest BCUT2D eigenvalue weighted by Gasteiger charge is 2.35. The lowest BCUT2D eigenvalue weighted by molar-refractivity contribution is -0.150. The van der Waals surface area contributed by atoms with Gasteiger partial charge in [-0.1, -0.05) is 12.1 Å². The van der Waals surface area contributed by atoms with Gasteiger partial charge in [0.1, 0.15) is 6.73 Å². The SMILES string of the molecule is CC(OCN1C(=O)c2ccccc2C1=O)C(=O)O. The summed E-state index contributed by atoms with van der Waals surface area (Å²) in [4.78, 5) is 35.2. The Balaban J connectivity index is 2.12. The molecule has 1 N–H and O–H groups in total. The van der Waals surface area contributed by atoms with Crippen LogP contribution in [0, 0.1) is 0 Å². The predicted molar refractivity (Wildman–Crippen MR) is 60.0 cm³/mol. The summed E-state index contributed by atoms with van der Waals surface area (Å²) in [6.45, 7) is 0.973. The number of carbonyl (C=O) groups is 3. The van der Waals surface area contributed by atoms with E-state index in [9.17, 15) is 14.4 Å². The number of rotatable bonds is 4. The topological polar surface area (TPSA) is 83.9 Å². The summed E-state index contributed by atoms with van der Waals surface area (Å²) in [6, 6.07) is 6.43. The number of hydrogen-bond acceptors (Lipinski definition) is 4. The second kappa shape index (κ2) is 4.58. The van der Waals surface area contributed by atoms with Crippen LogP contribution >= 0.6 is 0 Å². The Kier molecular flexibility index (Phi) is 3.12. The van der Waals surface area contributed by atoms with Crippen molar-refractivity contribution in [3.63, 3.8) is 0 Å². The molecule has 0 fully saturated rings. The molecule has 0 saturated heterocycles. The summed E-state index contributed by atoms with van der Waals surface area (Å²) >= 11 is 0. The highest BCUT2D eigenvalue weighted by atomic mass is 16.5. The van der Waals surface area contributed by atoms with Gasteiger partial charge in [0.05, 0.1) is 11.1 Å². The number of benzene rings is 1. The molecule has 1 aromatic rings. The summed E-state index contributed by atoms with van der Waals surface area (Å²) < 4.78 is 4.94. The van der Waals surface area contributed by atoms with Crippen LogP contribution in [0.5, 0.6) is 0 Å². The van der Waals surface area contributed by atoms with Gasteiger partial charge in [-0.15, -0.1) is 0 Å². The first kappa shape index (κ1) is 12.3. The molecule has 6 nitrogen and oxygen atoms in total. The van der Waals surface area contributed by atoms with Gasteiger partial charge >= 0.3 is 5.97 Å². The van der Waals surface area contributed by atoms with Gasteiger partial charge in [0.25, 0.3) is 11.8 Å². The van der Waals surface area contributed by atoms with Crippen molar-refractivity contribution in [1.82, 2.24) is 4.90 Å². The number of carbonyl (C=O) groups excluding carboxylic acids is 2. The van der Waals surface area contributed by atoms with Gasteiger partial charge in [0, 0.05) is 0 Å². The van der Waals surface area contributed by atoms with Crippen molar-refractivity contribution in [2.75, 3.05) is 6.73 Å². The van der Waals surface area contributed by atoms with E-state index in [1.165, 1.54) is 6.92 Å². The Morgan fingerprint density at radius 1 is 1.28 bits per heavy atom. The van der Waals surface area contributed by atoms with Crippen molar-refractivity contribution in [3.05, 3.63) is 35.4 Å². The lowest BCUT2D eigenvalue weighted by Crippen LogP contribution is -2.35. The zero-order valence-corrected chi connectivity index (χ0v) is 9.62. The van der Waals surface area contributed by atoms with Crippen LogP contribution in [-0.2, 0) is 9.53 Å². The van der Waals surface area contributed by atoms with Gasteiger partial charge in [0.15, 0.2) is 6.10 Å². The third-order valence-corrected chi connectivity index (χ3v) is 2.68. The van der Waals surface area contributed by atoms with Crippen molar-refractivity contribution in [1.29, 1.82) is 0 Å². The molecule has 94 valence electrons. The highest BCUT2D eigenvalue weighted by molar-refractivity contribution is 6.21. The normalized spacial score (nSPS) is 15.7. The molecule has 0 aromatic heterocycles. The van der Waals surface area contributed by atoms with Crippen LogP contribution in [-0.4, -0.2) is 40.6 Å². The molecule has 2 amide bonds. The molecule has 1 unspecified atom stereocenters. The summed E-state index contributed by atoms with van der Waals surface area (Å²) in [6.07, 6.45) is -1.07. The molecule has 1 aromatic carbocycles. The molecule has 0 spiro atoms. The predicted octanol–water partition coefficient (Wildman–Crippen LogP) is 0.730. The zero-order valence-electron chi connectivity index (χ0n) is 9.62. The fraction of sp³-hybridized carbons (Fsp3) is 0.250. The van der Waals surface area contributed by atoms with Gasteiger partial charge in [-0.25, -0.2) is 9.69 Å². The summed E-state index contributed by atoms with van der Waals surface area (Å²) in [5, 5.41) is 8.65. The van der Waals surface area contributed by atoms with Crippen LogP contribution in [0.3, 0.4) is 0 Å². The van der Waals surface area contributed by atoms with Crippen LogP contribution < -0.4 is 0 Å². The van der Waals surface area contributed by atoms with E-state index < -0.39 is 23.9 Å². The molecule has 18 heavy (non-hydrogen) atoms. The van der Waals surface area contributed by atoms with Crippen LogP contribution in [0.2, 0.25) is 0 Å². The van der Waals surface area contributed by atoms with Crippen LogP contribution in [0.25, 0.3) is 0 Å². The van der Waals surface area contributed by atoms with Crippen LogP contribution in [0.1, 0.15) is 27.6 Å². The fourth-order valence-electron chi connectivity index (χ4n) is 1.61. The maximum Gasteiger partial charge on any atom is 0.332 e. The first-order valence-electron chi connectivity index (χ1n) is 5.32. The number of carboxylic acids is 1. The van der Waals surface area contributed by atoms with E-state index in [1.807, 2.05) is 0 Å². The molecule has 0 bridgehead atoms. The summed E-state index contributed by atoms with van der Waals surface area (Å²) in [5.41, 5.74) is 0.628. The number of aliphatic carboxylic acids is 1. The average Bonchev–Trinajstić information content (AvgIpc) is 2.60. The largest absolute Gasteiger partial charge is 0.479 e.